The van der Waals surface area contributed by atoms with E-state index < -0.39 is 0 Å². The van der Waals surface area contributed by atoms with Gasteiger partial charge in [0.2, 0.25) is 5.95 Å². The maximum Gasteiger partial charge on any atom is 0.225 e. The Balaban J connectivity index is 1.43. The van der Waals surface area contributed by atoms with Gasteiger partial charge in [0.15, 0.2) is 0 Å². The number of piperidine rings is 1. The zero-order valence-corrected chi connectivity index (χ0v) is 13.3. The number of hydrogen-bond donors (Lipinski definition) is 1. The number of aryl methyl sites for hydroxylation is 2. The summed E-state index contributed by atoms with van der Waals surface area (Å²) in [5.74, 6) is 1.33. The molecule has 0 radical (unpaired) electrons. The molecule has 1 saturated heterocycles. The van der Waals surface area contributed by atoms with Crippen LogP contribution in [-0.4, -0.2) is 33.1 Å². The molecule has 0 aromatic carbocycles. The summed E-state index contributed by atoms with van der Waals surface area (Å²) in [5.41, 5.74) is 2.05. The van der Waals surface area contributed by atoms with Crippen molar-refractivity contribution in [2.75, 3.05) is 18.0 Å². The second-order valence-corrected chi connectivity index (χ2v) is 7.16. The second-order valence-electron chi connectivity index (χ2n) is 6.04. The molecule has 116 valence electrons. The SMILES string of the molecule is OCc1ccnc(N2CCC(c3nc4c(s3)CCC4)CC2)n1. The molecule has 6 heteroatoms. The van der Waals surface area contributed by atoms with Crippen LogP contribution in [0.3, 0.4) is 0 Å². The van der Waals surface area contributed by atoms with Crippen LogP contribution in [0.2, 0.25) is 0 Å². The predicted molar refractivity (Wildman–Crippen MR) is 86.3 cm³/mol. The number of rotatable bonds is 3. The lowest BCUT2D eigenvalue weighted by atomic mass is 9.98. The van der Waals surface area contributed by atoms with E-state index in [4.69, 9.17) is 4.98 Å². The van der Waals surface area contributed by atoms with E-state index in [1.165, 1.54) is 34.8 Å². The highest BCUT2D eigenvalue weighted by molar-refractivity contribution is 7.11. The molecular formula is C16H20N4OS. The molecule has 0 amide bonds. The van der Waals surface area contributed by atoms with Gasteiger partial charge < -0.3 is 10.0 Å². The Kier molecular flexibility index (Phi) is 3.80. The Bertz CT molecular complexity index is 642. The number of nitrogens with zero attached hydrogens (tertiary/aromatic N) is 4. The van der Waals surface area contributed by atoms with Crippen molar-refractivity contribution in [2.24, 2.45) is 0 Å². The molecule has 1 aliphatic carbocycles. The molecule has 1 aliphatic heterocycles. The molecule has 0 saturated carbocycles. The highest BCUT2D eigenvalue weighted by Crippen LogP contribution is 2.36. The summed E-state index contributed by atoms with van der Waals surface area (Å²) in [6, 6.07) is 1.76. The molecular weight excluding hydrogens is 296 g/mol. The summed E-state index contributed by atoms with van der Waals surface area (Å²) < 4.78 is 0. The van der Waals surface area contributed by atoms with E-state index in [1.807, 2.05) is 11.3 Å². The number of thiazole rings is 1. The van der Waals surface area contributed by atoms with Crippen molar-refractivity contribution < 1.29 is 5.11 Å². The average Bonchev–Trinajstić information content (AvgIpc) is 3.17. The van der Waals surface area contributed by atoms with Crippen LogP contribution >= 0.6 is 11.3 Å². The van der Waals surface area contributed by atoms with Crippen molar-refractivity contribution >= 4 is 17.3 Å². The Hall–Kier alpha value is -1.53. The second kappa shape index (κ2) is 5.93. The molecule has 2 aromatic rings. The molecule has 3 heterocycles. The molecule has 0 bridgehead atoms. The fourth-order valence-corrected chi connectivity index (χ4v) is 4.66. The third-order valence-corrected chi connectivity index (χ3v) is 5.92. The first-order valence-corrected chi connectivity index (χ1v) is 8.81. The third-order valence-electron chi connectivity index (χ3n) is 4.60. The molecule has 5 nitrogen and oxygen atoms in total. The number of aromatic nitrogens is 3. The van der Waals surface area contributed by atoms with Crippen LogP contribution in [0.25, 0.3) is 0 Å². The highest BCUT2D eigenvalue weighted by atomic mass is 32.1. The van der Waals surface area contributed by atoms with E-state index in [2.05, 4.69) is 14.9 Å². The van der Waals surface area contributed by atoms with E-state index in [0.717, 1.165) is 31.9 Å². The van der Waals surface area contributed by atoms with Gasteiger partial charge >= 0.3 is 0 Å². The highest BCUT2D eigenvalue weighted by Gasteiger charge is 2.26. The van der Waals surface area contributed by atoms with Crippen molar-refractivity contribution in [2.45, 2.75) is 44.6 Å². The lowest BCUT2D eigenvalue weighted by molar-refractivity contribution is 0.276. The minimum Gasteiger partial charge on any atom is -0.390 e. The lowest BCUT2D eigenvalue weighted by Gasteiger charge is -2.31. The van der Waals surface area contributed by atoms with Gasteiger partial charge in [0.05, 0.1) is 23.0 Å². The fraction of sp³-hybridized carbons (Fsp3) is 0.562. The Morgan fingerprint density at radius 2 is 2.09 bits per heavy atom. The zero-order valence-electron chi connectivity index (χ0n) is 12.5. The molecule has 4 rings (SSSR count). The van der Waals surface area contributed by atoms with E-state index >= 15 is 0 Å². The summed E-state index contributed by atoms with van der Waals surface area (Å²) in [7, 11) is 0. The van der Waals surface area contributed by atoms with Gasteiger partial charge in [0.25, 0.3) is 0 Å². The summed E-state index contributed by atoms with van der Waals surface area (Å²) in [4.78, 5) is 17.4. The van der Waals surface area contributed by atoms with E-state index in [1.54, 1.807) is 12.3 Å². The van der Waals surface area contributed by atoms with Gasteiger partial charge in [0, 0.05) is 30.1 Å². The summed E-state index contributed by atoms with van der Waals surface area (Å²) in [6.07, 6.45) is 7.63. The van der Waals surface area contributed by atoms with Crippen molar-refractivity contribution in [1.82, 2.24) is 15.0 Å². The van der Waals surface area contributed by atoms with Crippen LogP contribution in [0.15, 0.2) is 12.3 Å². The molecule has 22 heavy (non-hydrogen) atoms. The van der Waals surface area contributed by atoms with Crippen molar-refractivity contribution in [3.8, 4) is 0 Å². The molecule has 0 spiro atoms. The topological polar surface area (TPSA) is 62.1 Å². The first-order chi connectivity index (χ1) is 10.8. The first-order valence-electron chi connectivity index (χ1n) is 7.99. The minimum atomic E-state index is -0.0311. The van der Waals surface area contributed by atoms with Crippen LogP contribution in [0, 0.1) is 0 Å². The van der Waals surface area contributed by atoms with Crippen LogP contribution in [0.1, 0.15) is 46.5 Å². The van der Waals surface area contributed by atoms with Crippen LogP contribution < -0.4 is 4.90 Å². The normalized spacial score (nSPS) is 18.7. The molecule has 2 aliphatic rings. The lowest BCUT2D eigenvalue weighted by Crippen LogP contribution is -2.34. The summed E-state index contributed by atoms with van der Waals surface area (Å²) in [6.45, 7) is 1.89. The van der Waals surface area contributed by atoms with Gasteiger partial charge in [-0.3, -0.25) is 0 Å². The monoisotopic (exact) mass is 316 g/mol. The van der Waals surface area contributed by atoms with Gasteiger partial charge in [-0.1, -0.05) is 0 Å². The first kappa shape index (κ1) is 14.1. The number of anilines is 1. The maximum atomic E-state index is 9.19. The summed E-state index contributed by atoms with van der Waals surface area (Å²) in [5, 5.41) is 10.5. The number of fused-ring (bicyclic) bond motifs is 1. The van der Waals surface area contributed by atoms with Gasteiger partial charge in [-0.25, -0.2) is 15.0 Å². The van der Waals surface area contributed by atoms with Gasteiger partial charge in [0.1, 0.15) is 0 Å². The zero-order chi connectivity index (χ0) is 14.9. The third kappa shape index (κ3) is 2.61. The van der Waals surface area contributed by atoms with E-state index in [-0.39, 0.29) is 6.61 Å². The van der Waals surface area contributed by atoms with Crippen LogP contribution in [-0.2, 0) is 19.4 Å². The summed E-state index contributed by atoms with van der Waals surface area (Å²) >= 11 is 1.94. The Morgan fingerprint density at radius 3 is 2.86 bits per heavy atom. The molecule has 0 unspecified atom stereocenters. The standard InChI is InChI=1S/C16H20N4OS/c21-10-12-4-7-17-16(18-12)20-8-5-11(6-9-20)15-19-13-2-1-3-14(13)22-15/h4,7,11,21H,1-3,5-6,8-10H2. The predicted octanol–water partition coefficient (Wildman–Crippen LogP) is 2.30. The Morgan fingerprint density at radius 1 is 1.23 bits per heavy atom. The van der Waals surface area contributed by atoms with Crippen LogP contribution in [0.4, 0.5) is 5.95 Å². The largest absolute Gasteiger partial charge is 0.390 e. The van der Waals surface area contributed by atoms with Crippen molar-refractivity contribution in [3.05, 3.63) is 33.5 Å². The van der Waals surface area contributed by atoms with Gasteiger partial charge in [-0.05, 0) is 38.2 Å². The number of aliphatic hydroxyl groups excluding tert-OH is 1. The minimum absolute atomic E-state index is 0.0311. The van der Waals surface area contributed by atoms with Gasteiger partial charge in [-0.2, -0.15) is 0 Å². The van der Waals surface area contributed by atoms with E-state index in [9.17, 15) is 5.11 Å². The molecule has 0 atom stereocenters. The smallest absolute Gasteiger partial charge is 0.225 e. The average molecular weight is 316 g/mol. The van der Waals surface area contributed by atoms with E-state index in [0.29, 0.717) is 11.6 Å². The quantitative estimate of drug-likeness (QED) is 0.941. The van der Waals surface area contributed by atoms with Crippen molar-refractivity contribution in [1.29, 1.82) is 0 Å². The maximum absolute atomic E-state index is 9.19. The fourth-order valence-electron chi connectivity index (χ4n) is 3.34. The van der Waals surface area contributed by atoms with Crippen molar-refractivity contribution in [3.63, 3.8) is 0 Å². The molecule has 2 aromatic heterocycles. The van der Waals surface area contributed by atoms with Gasteiger partial charge in [-0.15, -0.1) is 11.3 Å². The van der Waals surface area contributed by atoms with Crippen LogP contribution in [0.5, 0.6) is 0 Å². The number of hydrogen-bond acceptors (Lipinski definition) is 6. The number of aliphatic hydroxyl groups is 1. The Labute approximate surface area is 134 Å². The molecule has 1 fully saturated rings. The molecule has 1 N–H and O–H groups in total.